The lowest BCUT2D eigenvalue weighted by Gasteiger charge is -2.13. The Morgan fingerprint density at radius 3 is 3.07 bits per heavy atom. The highest BCUT2D eigenvalue weighted by molar-refractivity contribution is 4.99. The molecule has 0 bridgehead atoms. The van der Waals surface area contributed by atoms with Gasteiger partial charge in [-0.3, -0.25) is 9.58 Å². The normalized spacial score (nSPS) is 22.4. The van der Waals surface area contributed by atoms with Gasteiger partial charge in [0.15, 0.2) is 0 Å². The summed E-state index contributed by atoms with van der Waals surface area (Å²) in [6.07, 6.45) is 3.60. The molecule has 0 saturated carbocycles. The quantitative estimate of drug-likeness (QED) is 0.744. The van der Waals surface area contributed by atoms with E-state index in [0.717, 1.165) is 38.3 Å². The van der Waals surface area contributed by atoms with Gasteiger partial charge in [-0.1, -0.05) is 0 Å². The highest BCUT2D eigenvalue weighted by atomic mass is 16.5. The molecule has 0 amide bonds. The van der Waals surface area contributed by atoms with Crippen molar-refractivity contribution in [2.75, 3.05) is 20.2 Å². The summed E-state index contributed by atoms with van der Waals surface area (Å²) in [6.45, 7) is 6.16. The van der Waals surface area contributed by atoms with E-state index in [4.69, 9.17) is 4.74 Å². The average Bonchev–Trinajstić information content (AvgIpc) is 2.87. The van der Waals surface area contributed by atoms with E-state index in [9.17, 15) is 0 Å². The molecule has 0 aliphatic carbocycles. The first-order chi connectivity index (χ1) is 7.31. The fraction of sp³-hybridized carbons (Fsp3) is 0.727. The zero-order chi connectivity index (χ0) is 10.7. The standard InChI is InChI=1S/C11H19N3O/c1-3-14-7-4-10(12-14)8-13-6-5-11(9-13)15-2/h4,7,11H,3,5-6,8-9H2,1-2H3. The zero-order valence-corrected chi connectivity index (χ0v) is 9.52. The summed E-state index contributed by atoms with van der Waals surface area (Å²) in [7, 11) is 1.79. The molecule has 1 aliphatic heterocycles. The topological polar surface area (TPSA) is 30.3 Å². The van der Waals surface area contributed by atoms with Crippen LogP contribution in [0.4, 0.5) is 0 Å². The highest BCUT2D eigenvalue weighted by Gasteiger charge is 2.22. The van der Waals surface area contributed by atoms with Crippen LogP contribution in [-0.4, -0.2) is 41.0 Å². The highest BCUT2D eigenvalue weighted by Crippen LogP contribution is 2.14. The van der Waals surface area contributed by atoms with Gasteiger partial charge >= 0.3 is 0 Å². The van der Waals surface area contributed by atoms with E-state index in [2.05, 4.69) is 23.0 Å². The number of ether oxygens (including phenoxy) is 1. The van der Waals surface area contributed by atoms with Gasteiger partial charge in [0.2, 0.25) is 0 Å². The number of aryl methyl sites for hydroxylation is 1. The van der Waals surface area contributed by atoms with Crippen LogP contribution in [0, 0.1) is 0 Å². The van der Waals surface area contributed by atoms with Gasteiger partial charge in [0.1, 0.15) is 0 Å². The van der Waals surface area contributed by atoms with Crippen LogP contribution in [0.25, 0.3) is 0 Å². The fourth-order valence-electron chi connectivity index (χ4n) is 2.03. The van der Waals surface area contributed by atoms with Gasteiger partial charge in [-0.05, 0) is 19.4 Å². The van der Waals surface area contributed by atoms with Crippen LogP contribution in [0.15, 0.2) is 12.3 Å². The summed E-state index contributed by atoms with van der Waals surface area (Å²) in [4.78, 5) is 2.40. The minimum atomic E-state index is 0.415. The molecule has 1 fully saturated rings. The summed E-state index contributed by atoms with van der Waals surface area (Å²) < 4.78 is 7.31. The lowest BCUT2D eigenvalue weighted by molar-refractivity contribution is 0.107. The Morgan fingerprint density at radius 2 is 2.47 bits per heavy atom. The van der Waals surface area contributed by atoms with Crippen molar-refractivity contribution in [2.45, 2.75) is 32.5 Å². The van der Waals surface area contributed by atoms with Crippen molar-refractivity contribution < 1.29 is 4.74 Å². The van der Waals surface area contributed by atoms with Crippen LogP contribution < -0.4 is 0 Å². The summed E-state index contributed by atoms with van der Waals surface area (Å²) in [5.74, 6) is 0. The maximum absolute atomic E-state index is 5.34. The molecule has 1 atom stereocenters. The Balaban J connectivity index is 1.87. The second kappa shape index (κ2) is 4.77. The van der Waals surface area contributed by atoms with Crippen LogP contribution in [0.3, 0.4) is 0 Å². The molecule has 1 aliphatic rings. The first-order valence-corrected chi connectivity index (χ1v) is 5.59. The molecule has 0 spiro atoms. The monoisotopic (exact) mass is 209 g/mol. The Kier molecular flexibility index (Phi) is 3.38. The minimum absolute atomic E-state index is 0.415. The van der Waals surface area contributed by atoms with Crippen LogP contribution in [-0.2, 0) is 17.8 Å². The molecule has 0 N–H and O–H groups in total. The smallest absolute Gasteiger partial charge is 0.0764 e. The molecule has 2 rings (SSSR count). The molecule has 84 valence electrons. The van der Waals surface area contributed by atoms with Crippen LogP contribution in [0.1, 0.15) is 19.0 Å². The maximum Gasteiger partial charge on any atom is 0.0764 e. The predicted octanol–water partition coefficient (Wildman–Crippen LogP) is 1.12. The molecule has 0 radical (unpaired) electrons. The van der Waals surface area contributed by atoms with Crippen molar-refractivity contribution in [3.8, 4) is 0 Å². The van der Waals surface area contributed by atoms with Crippen molar-refractivity contribution in [3.63, 3.8) is 0 Å². The van der Waals surface area contributed by atoms with Crippen molar-refractivity contribution in [2.24, 2.45) is 0 Å². The van der Waals surface area contributed by atoms with Crippen LogP contribution >= 0.6 is 0 Å². The van der Waals surface area contributed by atoms with Crippen molar-refractivity contribution in [1.29, 1.82) is 0 Å². The van der Waals surface area contributed by atoms with Gasteiger partial charge in [-0.25, -0.2) is 0 Å². The number of hydrogen-bond acceptors (Lipinski definition) is 3. The summed E-state index contributed by atoms with van der Waals surface area (Å²) in [6, 6.07) is 2.10. The molecule has 1 aromatic rings. The fourth-order valence-corrected chi connectivity index (χ4v) is 2.03. The lowest BCUT2D eigenvalue weighted by Crippen LogP contribution is -2.22. The lowest BCUT2D eigenvalue weighted by atomic mass is 10.3. The van der Waals surface area contributed by atoms with E-state index in [1.165, 1.54) is 0 Å². The second-order valence-corrected chi connectivity index (χ2v) is 4.04. The van der Waals surface area contributed by atoms with E-state index in [1.807, 2.05) is 10.9 Å². The molecule has 1 saturated heterocycles. The zero-order valence-electron chi connectivity index (χ0n) is 9.52. The molecule has 2 heterocycles. The van der Waals surface area contributed by atoms with Gasteiger partial charge in [-0.15, -0.1) is 0 Å². The van der Waals surface area contributed by atoms with E-state index >= 15 is 0 Å². The van der Waals surface area contributed by atoms with E-state index in [0.29, 0.717) is 6.10 Å². The van der Waals surface area contributed by atoms with E-state index in [-0.39, 0.29) is 0 Å². The molecule has 4 heteroatoms. The van der Waals surface area contributed by atoms with Crippen molar-refractivity contribution >= 4 is 0 Å². The SMILES string of the molecule is CCn1ccc(CN2CCC(OC)C2)n1. The molecule has 1 aromatic heterocycles. The number of rotatable bonds is 4. The number of hydrogen-bond donors (Lipinski definition) is 0. The van der Waals surface area contributed by atoms with Crippen LogP contribution in [0.2, 0.25) is 0 Å². The Hall–Kier alpha value is -0.870. The summed E-state index contributed by atoms with van der Waals surface area (Å²) >= 11 is 0. The van der Waals surface area contributed by atoms with Gasteiger partial charge in [0.25, 0.3) is 0 Å². The van der Waals surface area contributed by atoms with E-state index < -0.39 is 0 Å². The third-order valence-electron chi connectivity index (χ3n) is 2.97. The molecular weight excluding hydrogens is 190 g/mol. The Labute approximate surface area is 90.8 Å². The molecule has 15 heavy (non-hydrogen) atoms. The minimum Gasteiger partial charge on any atom is -0.380 e. The molecule has 0 aromatic carbocycles. The number of methoxy groups -OCH3 is 1. The Morgan fingerprint density at radius 1 is 1.60 bits per heavy atom. The second-order valence-electron chi connectivity index (χ2n) is 4.04. The van der Waals surface area contributed by atoms with Crippen molar-refractivity contribution in [3.05, 3.63) is 18.0 Å². The largest absolute Gasteiger partial charge is 0.380 e. The third-order valence-corrected chi connectivity index (χ3v) is 2.97. The predicted molar refractivity (Wildman–Crippen MR) is 58.6 cm³/mol. The average molecular weight is 209 g/mol. The maximum atomic E-state index is 5.34. The van der Waals surface area contributed by atoms with Crippen LogP contribution in [0.5, 0.6) is 0 Å². The number of nitrogens with zero attached hydrogens (tertiary/aromatic N) is 3. The number of aromatic nitrogens is 2. The van der Waals surface area contributed by atoms with Gasteiger partial charge in [0, 0.05) is 39.5 Å². The van der Waals surface area contributed by atoms with Gasteiger partial charge in [-0.2, -0.15) is 5.10 Å². The molecular formula is C11H19N3O. The first kappa shape index (κ1) is 10.6. The van der Waals surface area contributed by atoms with Gasteiger partial charge in [0.05, 0.1) is 11.8 Å². The van der Waals surface area contributed by atoms with Gasteiger partial charge < -0.3 is 4.74 Å². The first-order valence-electron chi connectivity index (χ1n) is 5.59. The van der Waals surface area contributed by atoms with Crippen molar-refractivity contribution in [1.82, 2.24) is 14.7 Å². The molecule has 1 unspecified atom stereocenters. The third kappa shape index (κ3) is 2.58. The summed E-state index contributed by atoms with van der Waals surface area (Å²) in [5, 5.41) is 4.48. The molecule has 4 nitrogen and oxygen atoms in total. The number of likely N-dealkylation sites (tertiary alicyclic amines) is 1. The summed E-state index contributed by atoms with van der Waals surface area (Å²) in [5.41, 5.74) is 1.16. The Bertz CT molecular complexity index is 311. The van der Waals surface area contributed by atoms with E-state index in [1.54, 1.807) is 7.11 Å².